The van der Waals surface area contributed by atoms with Gasteiger partial charge in [0.2, 0.25) is 5.91 Å². The Morgan fingerprint density at radius 1 is 1.52 bits per heavy atom. The van der Waals surface area contributed by atoms with E-state index in [9.17, 15) is 4.79 Å². The van der Waals surface area contributed by atoms with Crippen molar-refractivity contribution in [3.8, 4) is 0 Å². The minimum Gasteiger partial charge on any atom is -0.467 e. The Labute approximate surface area is 146 Å². The monoisotopic (exact) mass is 346 g/mol. The Kier molecular flexibility index (Phi) is 4.54. The number of nitrogens with zero attached hydrogens (tertiary/aromatic N) is 3. The fraction of sp³-hybridized carbons (Fsp3) is 0.588. The molecule has 3 aliphatic rings. The fourth-order valence-corrected chi connectivity index (χ4v) is 4.31. The second kappa shape index (κ2) is 6.97. The molecule has 0 spiro atoms. The molecule has 4 atom stereocenters. The highest BCUT2D eigenvalue weighted by molar-refractivity contribution is 5.79. The topological polar surface area (TPSA) is 105 Å². The van der Waals surface area contributed by atoms with Crippen LogP contribution in [0.4, 0.5) is 0 Å². The van der Waals surface area contributed by atoms with Crippen LogP contribution >= 0.6 is 0 Å². The van der Waals surface area contributed by atoms with Crippen molar-refractivity contribution in [1.29, 1.82) is 0 Å². The summed E-state index contributed by atoms with van der Waals surface area (Å²) in [6.45, 7) is 4.08. The van der Waals surface area contributed by atoms with Crippen molar-refractivity contribution in [2.24, 2.45) is 11.8 Å². The molecule has 0 aliphatic carbocycles. The second-order valence-corrected chi connectivity index (χ2v) is 7.18. The van der Waals surface area contributed by atoms with Crippen molar-refractivity contribution in [3.63, 3.8) is 0 Å². The zero-order valence-electron chi connectivity index (χ0n) is 14.4. The van der Waals surface area contributed by atoms with Crippen molar-refractivity contribution in [2.75, 3.05) is 13.1 Å². The standard InChI is InChI=1S/C17H24N6O2/c18-7-13-9-23(21-20-13)10-14-6-12-3-4-22(14)11-16(12)17(24)19-8-15-2-1-5-25-15/h1-2,5,9,12,14,16H,3-4,6-8,10-11,18H2,(H,19,24)/p+2/t12-,14+,16-/m0/s1. The molecule has 0 saturated carbocycles. The van der Waals surface area contributed by atoms with Crippen LogP contribution in [0.2, 0.25) is 0 Å². The van der Waals surface area contributed by atoms with E-state index in [1.807, 2.05) is 23.0 Å². The second-order valence-electron chi connectivity index (χ2n) is 7.18. The molecule has 3 aliphatic heterocycles. The first-order valence-corrected chi connectivity index (χ1v) is 9.06. The third-order valence-electron chi connectivity index (χ3n) is 5.66. The lowest BCUT2D eigenvalue weighted by atomic mass is 9.75. The minimum absolute atomic E-state index is 0.112. The normalized spacial score (nSPS) is 28.2. The number of rotatable bonds is 6. The smallest absolute Gasteiger partial charge is 0.229 e. The van der Waals surface area contributed by atoms with Crippen LogP contribution in [0.3, 0.4) is 0 Å². The first-order valence-electron chi connectivity index (χ1n) is 9.06. The Bertz CT molecular complexity index is 713. The van der Waals surface area contributed by atoms with E-state index in [1.165, 1.54) is 4.90 Å². The molecule has 0 radical (unpaired) electrons. The van der Waals surface area contributed by atoms with Crippen molar-refractivity contribution >= 4 is 5.91 Å². The summed E-state index contributed by atoms with van der Waals surface area (Å²) in [4.78, 5) is 14.1. The third kappa shape index (κ3) is 3.45. The van der Waals surface area contributed by atoms with Crippen molar-refractivity contribution in [3.05, 3.63) is 36.0 Å². The highest BCUT2D eigenvalue weighted by Crippen LogP contribution is 2.27. The number of nitrogens with one attached hydrogen (secondary N) is 2. The summed E-state index contributed by atoms with van der Waals surface area (Å²) in [5.41, 5.74) is 4.78. The highest BCUT2D eigenvalue weighted by atomic mass is 16.3. The van der Waals surface area contributed by atoms with Crippen LogP contribution in [0.1, 0.15) is 24.3 Å². The van der Waals surface area contributed by atoms with Crippen molar-refractivity contribution in [2.45, 2.75) is 38.5 Å². The first-order chi connectivity index (χ1) is 12.2. The molecule has 0 aromatic carbocycles. The fourth-order valence-electron chi connectivity index (χ4n) is 4.31. The molecule has 8 nitrogen and oxygen atoms in total. The number of quaternary nitrogens is 2. The van der Waals surface area contributed by atoms with Gasteiger partial charge in [-0.05, 0) is 18.1 Å². The number of carbonyl (C=O) groups excluding carboxylic acids is 1. The van der Waals surface area contributed by atoms with Crippen LogP contribution in [-0.4, -0.2) is 40.0 Å². The summed E-state index contributed by atoms with van der Waals surface area (Å²) in [6, 6.07) is 4.25. The lowest BCUT2D eigenvalue weighted by Crippen LogP contribution is -3.20. The van der Waals surface area contributed by atoms with E-state index in [0.29, 0.717) is 25.0 Å². The number of hydrogen-bond donors (Lipinski definition) is 3. The summed E-state index contributed by atoms with van der Waals surface area (Å²) in [5, 5.41) is 11.4. The molecule has 1 unspecified atom stereocenters. The number of piperidine rings is 3. The molecule has 5 N–H and O–H groups in total. The average molecular weight is 346 g/mol. The highest BCUT2D eigenvalue weighted by Gasteiger charge is 2.46. The van der Waals surface area contributed by atoms with E-state index < -0.39 is 0 Å². The number of carbonyl (C=O) groups is 1. The SMILES string of the molecule is [NH3+]Cc1cn(C[C@H]2C[C@@H]3CC[NH+]2C[C@@H]3C(=O)NCc2ccco2)nn1. The van der Waals surface area contributed by atoms with Gasteiger partial charge in [0, 0.05) is 12.8 Å². The molecular weight excluding hydrogens is 320 g/mol. The quantitative estimate of drug-likeness (QED) is 0.575. The maximum atomic E-state index is 12.6. The van der Waals surface area contributed by atoms with E-state index >= 15 is 0 Å². The van der Waals surface area contributed by atoms with Gasteiger partial charge in [0.25, 0.3) is 0 Å². The van der Waals surface area contributed by atoms with Gasteiger partial charge in [0.15, 0.2) is 0 Å². The van der Waals surface area contributed by atoms with E-state index in [-0.39, 0.29) is 11.8 Å². The van der Waals surface area contributed by atoms with Gasteiger partial charge in [0.05, 0.1) is 44.6 Å². The molecule has 2 bridgehead atoms. The molecule has 5 rings (SSSR count). The molecule has 134 valence electrons. The Morgan fingerprint density at radius 2 is 2.44 bits per heavy atom. The van der Waals surface area contributed by atoms with E-state index in [1.54, 1.807) is 6.26 Å². The van der Waals surface area contributed by atoms with Gasteiger partial charge >= 0.3 is 0 Å². The van der Waals surface area contributed by atoms with E-state index in [0.717, 1.165) is 43.9 Å². The third-order valence-corrected chi connectivity index (χ3v) is 5.66. The van der Waals surface area contributed by atoms with Crippen LogP contribution in [0.25, 0.3) is 0 Å². The largest absolute Gasteiger partial charge is 0.467 e. The van der Waals surface area contributed by atoms with Gasteiger partial charge in [-0.15, -0.1) is 5.10 Å². The zero-order chi connectivity index (χ0) is 17.2. The number of aromatic nitrogens is 3. The van der Waals surface area contributed by atoms with E-state index in [2.05, 4.69) is 21.4 Å². The van der Waals surface area contributed by atoms with Gasteiger partial charge in [0.1, 0.15) is 24.0 Å². The maximum absolute atomic E-state index is 12.6. The van der Waals surface area contributed by atoms with E-state index in [4.69, 9.17) is 4.42 Å². The van der Waals surface area contributed by atoms with Gasteiger partial charge < -0.3 is 20.4 Å². The van der Waals surface area contributed by atoms with Crippen LogP contribution in [-0.2, 0) is 24.4 Å². The molecule has 3 fully saturated rings. The summed E-state index contributed by atoms with van der Waals surface area (Å²) in [6.07, 6.45) is 5.83. The molecular formula is C17H26N6O2+2. The minimum atomic E-state index is 0.112. The predicted octanol–water partition coefficient (Wildman–Crippen LogP) is -1.78. The van der Waals surface area contributed by atoms with Gasteiger partial charge in [-0.3, -0.25) is 4.79 Å². The number of furan rings is 1. The summed E-state index contributed by atoms with van der Waals surface area (Å²) in [7, 11) is 0. The molecule has 8 heteroatoms. The average Bonchev–Trinajstić information content (AvgIpc) is 3.32. The van der Waals surface area contributed by atoms with Crippen LogP contribution < -0.4 is 16.0 Å². The first kappa shape index (κ1) is 16.3. The number of amides is 1. The Morgan fingerprint density at radius 3 is 3.12 bits per heavy atom. The van der Waals surface area contributed by atoms with Crippen molar-refractivity contribution < 1.29 is 19.8 Å². The molecule has 1 amide bonds. The van der Waals surface area contributed by atoms with Gasteiger partial charge in [-0.2, -0.15) is 0 Å². The lowest BCUT2D eigenvalue weighted by molar-refractivity contribution is -0.945. The molecule has 5 heterocycles. The number of hydrogen-bond acceptors (Lipinski definition) is 4. The van der Waals surface area contributed by atoms with Gasteiger partial charge in [-0.25, -0.2) is 4.68 Å². The molecule has 2 aromatic rings. The maximum Gasteiger partial charge on any atom is 0.229 e. The van der Waals surface area contributed by atoms with Crippen LogP contribution in [0, 0.1) is 11.8 Å². The Hall–Kier alpha value is -2.19. The number of fused-ring (bicyclic) bond motifs is 3. The lowest BCUT2D eigenvalue weighted by Gasteiger charge is -2.46. The molecule has 3 saturated heterocycles. The molecule has 25 heavy (non-hydrogen) atoms. The van der Waals surface area contributed by atoms with Crippen LogP contribution in [0.15, 0.2) is 29.0 Å². The molecule has 2 aromatic heterocycles. The van der Waals surface area contributed by atoms with Crippen LogP contribution in [0.5, 0.6) is 0 Å². The summed E-state index contributed by atoms with van der Waals surface area (Å²) >= 11 is 0. The Balaban J connectivity index is 1.34. The zero-order valence-corrected chi connectivity index (χ0v) is 14.4. The van der Waals surface area contributed by atoms with Crippen molar-refractivity contribution in [1.82, 2.24) is 20.3 Å². The predicted molar refractivity (Wildman–Crippen MR) is 87.9 cm³/mol. The van der Waals surface area contributed by atoms with Gasteiger partial charge in [-0.1, -0.05) is 5.21 Å². The summed E-state index contributed by atoms with van der Waals surface area (Å²) in [5.74, 6) is 1.54. The summed E-state index contributed by atoms with van der Waals surface area (Å²) < 4.78 is 7.22.